The summed E-state index contributed by atoms with van der Waals surface area (Å²) in [4.78, 5) is 11.4. The molecule has 2 nitrogen and oxygen atoms in total. The molecule has 0 spiro atoms. The molecule has 5 atom stereocenters. The second-order valence-electron chi connectivity index (χ2n) is 7.85. The van der Waals surface area contributed by atoms with Crippen molar-refractivity contribution < 1.29 is 9.53 Å². The Labute approximate surface area is 149 Å². The second-order valence-corrected chi connectivity index (χ2v) is 8.45. The maximum absolute atomic E-state index is 11.4. The van der Waals surface area contributed by atoms with E-state index in [1.165, 1.54) is 38.5 Å². The summed E-state index contributed by atoms with van der Waals surface area (Å²) in [6, 6.07) is 0. The summed E-state index contributed by atoms with van der Waals surface area (Å²) in [5.41, 5.74) is 0. The molecule has 0 N–H and O–H groups in total. The minimum Gasteiger partial charge on any atom is -0.378 e. The molecule has 136 valence electrons. The van der Waals surface area contributed by atoms with Crippen LogP contribution in [0.2, 0.25) is 0 Å². The number of thiol groups is 1. The third kappa shape index (κ3) is 7.17. The van der Waals surface area contributed by atoms with Gasteiger partial charge in [-0.1, -0.05) is 59.8 Å². The van der Waals surface area contributed by atoms with Crippen LogP contribution in [0.3, 0.4) is 0 Å². The molecular weight excluding hydrogens is 304 g/mol. The lowest BCUT2D eigenvalue weighted by atomic mass is 9.72. The summed E-state index contributed by atoms with van der Waals surface area (Å²) in [7, 11) is 0. The third-order valence-electron chi connectivity index (χ3n) is 5.49. The monoisotopic (exact) mass is 342 g/mol. The van der Waals surface area contributed by atoms with Gasteiger partial charge in [-0.05, 0) is 42.9 Å². The van der Waals surface area contributed by atoms with Gasteiger partial charge >= 0.3 is 0 Å². The summed E-state index contributed by atoms with van der Waals surface area (Å²) >= 11 is 4.62. The molecule has 0 saturated carbocycles. The average molecular weight is 343 g/mol. The van der Waals surface area contributed by atoms with E-state index in [2.05, 4.69) is 40.3 Å². The Bertz CT molecular complexity index is 319. The molecular formula is C20H38O2S. The Balaban J connectivity index is 2.71. The fourth-order valence-electron chi connectivity index (χ4n) is 4.15. The molecule has 5 unspecified atom stereocenters. The Morgan fingerprint density at radius 1 is 1.22 bits per heavy atom. The van der Waals surface area contributed by atoms with Crippen molar-refractivity contribution in [2.75, 3.05) is 6.61 Å². The molecule has 0 aliphatic carbocycles. The van der Waals surface area contributed by atoms with Gasteiger partial charge in [0.05, 0.1) is 11.4 Å². The van der Waals surface area contributed by atoms with Crippen LogP contribution >= 0.6 is 12.6 Å². The molecule has 0 bridgehead atoms. The highest BCUT2D eigenvalue weighted by Gasteiger charge is 2.37. The number of ether oxygens (including phenoxy) is 1. The highest BCUT2D eigenvalue weighted by Crippen LogP contribution is 2.38. The first-order chi connectivity index (χ1) is 11.0. The van der Waals surface area contributed by atoms with Crippen LogP contribution in [-0.2, 0) is 9.53 Å². The number of unbranched alkanes of at least 4 members (excludes halogenated alkanes) is 4. The van der Waals surface area contributed by atoms with Gasteiger partial charge in [0, 0.05) is 6.61 Å². The van der Waals surface area contributed by atoms with Gasteiger partial charge in [0.15, 0.2) is 0 Å². The van der Waals surface area contributed by atoms with Crippen LogP contribution in [0.15, 0.2) is 0 Å². The van der Waals surface area contributed by atoms with Gasteiger partial charge in [0.2, 0.25) is 0 Å². The molecule has 1 aliphatic heterocycles. The maximum atomic E-state index is 11.4. The lowest BCUT2D eigenvalue weighted by molar-refractivity contribution is -0.110. The van der Waals surface area contributed by atoms with Crippen LogP contribution in [0.4, 0.5) is 0 Å². The van der Waals surface area contributed by atoms with Crippen LogP contribution in [0, 0.1) is 23.7 Å². The predicted molar refractivity (Wildman–Crippen MR) is 102 cm³/mol. The smallest absolute Gasteiger partial charge is 0.132 e. The Kier molecular flexibility index (Phi) is 10.5. The zero-order valence-electron chi connectivity index (χ0n) is 15.7. The number of rotatable bonds is 11. The van der Waals surface area contributed by atoms with Crippen molar-refractivity contribution >= 4 is 18.9 Å². The van der Waals surface area contributed by atoms with Crippen molar-refractivity contribution in [2.45, 2.75) is 90.4 Å². The van der Waals surface area contributed by atoms with Crippen molar-refractivity contribution in [2.24, 2.45) is 23.7 Å². The van der Waals surface area contributed by atoms with E-state index in [9.17, 15) is 4.79 Å². The summed E-state index contributed by atoms with van der Waals surface area (Å²) < 4.78 is 6.14. The van der Waals surface area contributed by atoms with E-state index in [0.717, 1.165) is 31.7 Å². The number of carbonyl (C=O) groups is 1. The largest absolute Gasteiger partial charge is 0.378 e. The molecule has 1 saturated heterocycles. The minimum atomic E-state index is -0.158. The van der Waals surface area contributed by atoms with E-state index in [4.69, 9.17) is 4.74 Å². The van der Waals surface area contributed by atoms with Gasteiger partial charge in [-0.3, -0.25) is 0 Å². The van der Waals surface area contributed by atoms with Crippen molar-refractivity contribution in [3.8, 4) is 0 Å². The Morgan fingerprint density at radius 3 is 2.48 bits per heavy atom. The van der Waals surface area contributed by atoms with Gasteiger partial charge in [-0.25, -0.2) is 0 Å². The SMILES string of the molecule is CCCCCCCC(C(S)C=O)C(C(C)C)C1CC(C)CCO1. The van der Waals surface area contributed by atoms with Crippen molar-refractivity contribution in [1.29, 1.82) is 0 Å². The Morgan fingerprint density at radius 2 is 1.91 bits per heavy atom. The molecule has 0 amide bonds. The van der Waals surface area contributed by atoms with E-state index >= 15 is 0 Å². The van der Waals surface area contributed by atoms with Crippen LogP contribution in [0.25, 0.3) is 0 Å². The van der Waals surface area contributed by atoms with Crippen molar-refractivity contribution in [3.05, 3.63) is 0 Å². The summed E-state index contributed by atoms with van der Waals surface area (Å²) in [6.45, 7) is 10.0. The fourth-order valence-corrected chi connectivity index (χ4v) is 4.49. The summed E-state index contributed by atoms with van der Waals surface area (Å²) in [6.07, 6.45) is 11.1. The molecule has 1 rings (SSSR count). The molecule has 0 aromatic carbocycles. The molecule has 23 heavy (non-hydrogen) atoms. The molecule has 1 fully saturated rings. The lowest BCUT2D eigenvalue weighted by Gasteiger charge is -2.41. The highest BCUT2D eigenvalue weighted by molar-refractivity contribution is 7.81. The van der Waals surface area contributed by atoms with Gasteiger partial charge in [0.1, 0.15) is 6.29 Å². The van der Waals surface area contributed by atoms with Gasteiger partial charge < -0.3 is 9.53 Å². The summed E-state index contributed by atoms with van der Waals surface area (Å²) in [5, 5.41) is -0.158. The first kappa shape index (κ1) is 21.0. The van der Waals surface area contributed by atoms with Gasteiger partial charge in [0.25, 0.3) is 0 Å². The van der Waals surface area contributed by atoms with E-state index in [1.54, 1.807) is 0 Å². The zero-order valence-corrected chi connectivity index (χ0v) is 16.6. The normalized spacial score (nSPS) is 26.0. The standard InChI is InChI=1S/C20H38O2S/c1-5-6-7-8-9-10-17(19(23)14-21)20(15(2)3)18-13-16(4)11-12-22-18/h14-20,23H,5-13H2,1-4H3. The first-order valence-electron chi connectivity index (χ1n) is 9.76. The van der Waals surface area contributed by atoms with Crippen LogP contribution in [0.1, 0.15) is 79.1 Å². The van der Waals surface area contributed by atoms with Crippen LogP contribution in [-0.4, -0.2) is 24.2 Å². The van der Waals surface area contributed by atoms with E-state index in [-0.39, 0.29) is 5.25 Å². The first-order valence-corrected chi connectivity index (χ1v) is 10.3. The minimum absolute atomic E-state index is 0.158. The highest BCUT2D eigenvalue weighted by atomic mass is 32.1. The number of hydrogen-bond donors (Lipinski definition) is 1. The van der Waals surface area contributed by atoms with Crippen LogP contribution in [0.5, 0.6) is 0 Å². The third-order valence-corrected chi connectivity index (χ3v) is 5.99. The lowest BCUT2D eigenvalue weighted by Crippen LogP contribution is -2.41. The van der Waals surface area contributed by atoms with Gasteiger partial charge in [-0.15, -0.1) is 0 Å². The van der Waals surface area contributed by atoms with Crippen LogP contribution < -0.4 is 0 Å². The predicted octanol–water partition coefficient (Wildman–Crippen LogP) is 5.55. The quantitative estimate of drug-likeness (QED) is 0.303. The molecule has 3 heteroatoms. The average Bonchev–Trinajstić information content (AvgIpc) is 2.52. The number of aldehydes is 1. The van der Waals surface area contributed by atoms with E-state index in [1.807, 2.05) is 0 Å². The number of hydrogen-bond acceptors (Lipinski definition) is 3. The number of carbonyl (C=O) groups excluding carboxylic acids is 1. The molecule has 0 aromatic rings. The van der Waals surface area contributed by atoms with Crippen molar-refractivity contribution in [3.63, 3.8) is 0 Å². The molecule has 0 aromatic heterocycles. The molecule has 1 aliphatic rings. The summed E-state index contributed by atoms with van der Waals surface area (Å²) in [5.74, 6) is 2.04. The Hall–Kier alpha value is -0.0200. The van der Waals surface area contributed by atoms with E-state index in [0.29, 0.717) is 23.9 Å². The zero-order chi connectivity index (χ0) is 17.2. The van der Waals surface area contributed by atoms with E-state index < -0.39 is 0 Å². The molecule has 0 radical (unpaired) electrons. The molecule has 1 heterocycles. The van der Waals surface area contributed by atoms with Gasteiger partial charge in [-0.2, -0.15) is 12.6 Å². The topological polar surface area (TPSA) is 26.3 Å². The maximum Gasteiger partial charge on any atom is 0.132 e. The van der Waals surface area contributed by atoms with Crippen molar-refractivity contribution in [1.82, 2.24) is 0 Å². The fraction of sp³-hybridized carbons (Fsp3) is 0.950. The second kappa shape index (κ2) is 11.5.